The molecule has 0 saturated carbocycles. The molecule has 2 atom stereocenters. The van der Waals surface area contributed by atoms with Gasteiger partial charge in [-0.25, -0.2) is 9.59 Å². The zero-order chi connectivity index (χ0) is 16.5. The molecule has 1 saturated heterocycles. The molecule has 1 rings (SSSR count). The number of hydrogen-bond donors (Lipinski definition) is 2. The van der Waals surface area contributed by atoms with Crippen molar-refractivity contribution < 1.29 is 28.7 Å². The van der Waals surface area contributed by atoms with Crippen molar-refractivity contribution in [1.29, 1.82) is 0 Å². The second kappa shape index (κ2) is 9.57. The van der Waals surface area contributed by atoms with Crippen LogP contribution >= 0.6 is 21.6 Å². The monoisotopic (exact) mass is 350 g/mol. The fraction of sp³-hybridized carbons (Fsp3) is 0.667. The Morgan fingerprint density at radius 2 is 1.27 bits per heavy atom. The summed E-state index contributed by atoms with van der Waals surface area (Å²) >= 11 is 0. The Morgan fingerprint density at radius 1 is 0.909 bits per heavy atom. The number of rotatable bonds is 2. The van der Waals surface area contributed by atoms with Crippen LogP contribution in [0.1, 0.15) is 12.8 Å². The summed E-state index contributed by atoms with van der Waals surface area (Å²) in [6, 6.07) is -1.57. The lowest BCUT2D eigenvalue weighted by atomic mass is 10.2. The summed E-state index contributed by atoms with van der Waals surface area (Å²) in [5.74, 6) is -1.35. The number of hydrogen-bond acceptors (Lipinski definition) is 8. The number of amides is 2. The Kier molecular flexibility index (Phi) is 8.10. The van der Waals surface area contributed by atoms with Gasteiger partial charge in [-0.05, 0) is 0 Å². The molecule has 0 aromatic carbocycles. The first-order chi connectivity index (χ1) is 10.5. The quantitative estimate of drug-likeness (QED) is 0.505. The molecule has 2 amide bonds. The maximum atomic E-state index is 11.7. The number of carbonyl (C=O) groups is 4. The third-order valence-electron chi connectivity index (χ3n) is 2.77. The van der Waals surface area contributed by atoms with Gasteiger partial charge in [0.15, 0.2) is 0 Å². The van der Waals surface area contributed by atoms with Gasteiger partial charge < -0.3 is 20.1 Å². The van der Waals surface area contributed by atoms with Crippen LogP contribution in [0.3, 0.4) is 0 Å². The van der Waals surface area contributed by atoms with Crippen LogP contribution < -0.4 is 10.6 Å². The highest BCUT2D eigenvalue weighted by Gasteiger charge is 2.26. The van der Waals surface area contributed by atoms with E-state index in [9.17, 15) is 19.2 Å². The molecule has 0 aromatic heterocycles. The van der Waals surface area contributed by atoms with Crippen molar-refractivity contribution in [1.82, 2.24) is 10.6 Å². The van der Waals surface area contributed by atoms with E-state index in [4.69, 9.17) is 0 Å². The van der Waals surface area contributed by atoms with Crippen molar-refractivity contribution >= 4 is 45.3 Å². The van der Waals surface area contributed by atoms with Gasteiger partial charge in [-0.2, -0.15) is 0 Å². The van der Waals surface area contributed by atoms with E-state index < -0.39 is 35.8 Å². The standard InChI is InChI=1S/C12H18N2O6S2/c1-19-11(17)7-5-21-22-6-8(12(18)20-2)14-10(16)4-3-9(15)13-7/h7-8H,3-6H2,1-2H3,(H,13,15)(H,14,16)/t7-,8-/m0/s1. The Bertz CT molecular complexity index is 405. The first kappa shape index (κ1) is 18.6. The molecule has 1 heterocycles. The molecule has 8 nitrogen and oxygen atoms in total. The molecular formula is C12H18N2O6S2. The summed E-state index contributed by atoms with van der Waals surface area (Å²) in [6.45, 7) is 0. The molecule has 10 heteroatoms. The molecule has 0 radical (unpaired) electrons. The summed E-state index contributed by atoms with van der Waals surface area (Å²) < 4.78 is 9.26. The van der Waals surface area contributed by atoms with Crippen molar-refractivity contribution in [2.45, 2.75) is 24.9 Å². The van der Waals surface area contributed by atoms with Crippen LogP contribution in [0, 0.1) is 0 Å². The number of methoxy groups -OCH3 is 2. The van der Waals surface area contributed by atoms with E-state index >= 15 is 0 Å². The minimum absolute atomic E-state index is 0.0783. The van der Waals surface area contributed by atoms with Crippen molar-refractivity contribution in [3.8, 4) is 0 Å². The van der Waals surface area contributed by atoms with Gasteiger partial charge in [0, 0.05) is 24.3 Å². The van der Waals surface area contributed by atoms with E-state index in [1.807, 2.05) is 0 Å². The Labute approximate surface area is 135 Å². The van der Waals surface area contributed by atoms with Gasteiger partial charge in [0.05, 0.1) is 14.2 Å². The normalized spacial score (nSPS) is 24.1. The molecule has 1 fully saturated rings. The van der Waals surface area contributed by atoms with Crippen LogP contribution in [0.4, 0.5) is 0 Å². The van der Waals surface area contributed by atoms with E-state index in [1.165, 1.54) is 35.8 Å². The number of esters is 2. The van der Waals surface area contributed by atoms with Gasteiger partial charge in [0.1, 0.15) is 12.1 Å². The van der Waals surface area contributed by atoms with Gasteiger partial charge in [0.2, 0.25) is 11.8 Å². The zero-order valence-corrected chi connectivity index (χ0v) is 13.9. The van der Waals surface area contributed by atoms with Crippen molar-refractivity contribution in [3.63, 3.8) is 0 Å². The molecule has 124 valence electrons. The maximum Gasteiger partial charge on any atom is 0.329 e. The fourth-order valence-corrected chi connectivity index (χ4v) is 3.91. The van der Waals surface area contributed by atoms with Gasteiger partial charge in [-0.15, -0.1) is 0 Å². The summed E-state index contributed by atoms with van der Waals surface area (Å²) in [7, 11) is 5.07. The third kappa shape index (κ3) is 6.14. The number of carbonyl (C=O) groups excluding carboxylic acids is 4. The predicted octanol–water partition coefficient (Wildman–Crippen LogP) is -0.523. The summed E-state index contributed by atoms with van der Waals surface area (Å²) in [5, 5.41) is 5.06. The lowest BCUT2D eigenvalue weighted by Crippen LogP contribution is -2.46. The van der Waals surface area contributed by atoms with Crippen LogP contribution in [0.5, 0.6) is 0 Å². The van der Waals surface area contributed by atoms with Gasteiger partial charge in [-0.3, -0.25) is 9.59 Å². The first-order valence-electron chi connectivity index (χ1n) is 6.46. The van der Waals surface area contributed by atoms with Gasteiger partial charge in [0.25, 0.3) is 0 Å². The lowest BCUT2D eigenvalue weighted by Gasteiger charge is -2.19. The molecular weight excluding hydrogens is 332 g/mol. The van der Waals surface area contributed by atoms with Crippen LogP contribution in [0.25, 0.3) is 0 Å². The van der Waals surface area contributed by atoms with E-state index in [0.717, 1.165) is 0 Å². The average molecular weight is 350 g/mol. The molecule has 2 N–H and O–H groups in total. The molecule has 1 aliphatic heterocycles. The van der Waals surface area contributed by atoms with Gasteiger partial charge >= 0.3 is 11.9 Å². The topological polar surface area (TPSA) is 111 Å². The first-order valence-corrected chi connectivity index (χ1v) is 8.95. The Morgan fingerprint density at radius 3 is 1.59 bits per heavy atom. The minimum Gasteiger partial charge on any atom is -0.467 e. The second-order valence-electron chi connectivity index (χ2n) is 4.36. The fourth-order valence-electron chi connectivity index (χ4n) is 1.61. The Balaban J connectivity index is 2.74. The average Bonchev–Trinajstić information content (AvgIpc) is 2.51. The van der Waals surface area contributed by atoms with E-state index in [0.29, 0.717) is 11.5 Å². The second-order valence-corrected chi connectivity index (χ2v) is 6.91. The van der Waals surface area contributed by atoms with E-state index in [2.05, 4.69) is 20.1 Å². The van der Waals surface area contributed by atoms with Crippen molar-refractivity contribution in [2.24, 2.45) is 0 Å². The highest BCUT2D eigenvalue weighted by Crippen LogP contribution is 2.24. The predicted molar refractivity (Wildman–Crippen MR) is 82.0 cm³/mol. The van der Waals surface area contributed by atoms with Crippen LogP contribution in [0.15, 0.2) is 0 Å². The maximum absolute atomic E-state index is 11.7. The number of nitrogens with one attached hydrogen (secondary N) is 2. The van der Waals surface area contributed by atoms with Crippen molar-refractivity contribution in [2.75, 3.05) is 25.7 Å². The largest absolute Gasteiger partial charge is 0.467 e. The van der Waals surface area contributed by atoms with E-state index in [-0.39, 0.29) is 12.8 Å². The SMILES string of the molecule is COC(=O)[C@@H]1CSSC[C@@H](C(=O)OC)NC(=O)CCC(=O)N1. The van der Waals surface area contributed by atoms with Crippen LogP contribution in [-0.2, 0) is 28.7 Å². The van der Waals surface area contributed by atoms with Crippen molar-refractivity contribution in [3.05, 3.63) is 0 Å². The smallest absolute Gasteiger partial charge is 0.329 e. The molecule has 0 aromatic rings. The molecule has 22 heavy (non-hydrogen) atoms. The summed E-state index contributed by atoms with van der Waals surface area (Å²) in [4.78, 5) is 46.7. The third-order valence-corrected chi connectivity index (χ3v) is 5.20. The Hall–Kier alpha value is -1.42. The highest BCUT2D eigenvalue weighted by molar-refractivity contribution is 8.76. The van der Waals surface area contributed by atoms with Gasteiger partial charge in [-0.1, -0.05) is 21.6 Å². The molecule has 1 aliphatic rings. The molecule has 0 bridgehead atoms. The number of ether oxygens (including phenoxy) is 2. The summed E-state index contributed by atoms with van der Waals surface area (Å²) in [6.07, 6.45) is -0.157. The minimum atomic E-state index is -0.783. The summed E-state index contributed by atoms with van der Waals surface area (Å²) in [5.41, 5.74) is 0. The van der Waals surface area contributed by atoms with E-state index in [1.54, 1.807) is 0 Å². The highest BCUT2D eigenvalue weighted by atomic mass is 33.1. The molecule has 0 spiro atoms. The van der Waals surface area contributed by atoms with Crippen LogP contribution in [0.2, 0.25) is 0 Å². The molecule has 0 unspecified atom stereocenters. The lowest BCUT2D eigenvalue weighted by molar-refractivity contribution is -0.145. The zero-order valence-electron chi connectivity index (χ0n) is 12.2. The van der Waals surface area contributed by atoms with Crippen LogP contribution in [-0.4, -0.2) is 61.6 Å². The molecule has 0 aliphatic carbocycles.